The Kier molecular flexibility index (Phi) is 3.02. The minimum absolute atomic E-state index is 0.318. The molecule has 2 aliphatic heterocycles. The topological polar surface area (TPSA) is 37.4 Å². The maximum atomic E-state index is 12.6. The van der Waals surface area contributed by atoms with Gasteiger partial charge in [-0.05, 0) is 43.5 Å². The molecule has 122 valence electrons. The normalized spacial score (nSPS) is 24.2. The summed E-state index contributed by atoms with van der Waals surface area (Å²) in [5.41, 5.74) is 2.50. The molecule has 2 aromatic carbocycles. The molecule has 2 heterocycles. The van der Waals surface area contributed by atoms with E-state index < -0.39 is 17.2 Å². The second-order valence-electron chi connectivity index (χ2n) is 7.51. The van der Waals surface area contributed by atoms with E-state index in [-0.39, 0.29) is 5.41 Å². The molecule has 0 saturated heterocycles. The average molecular weight is 340 g/mol. The van der Waals surface area contributed by atoms with E-state index in [9.17, 15) is 9.59 Å². The smallest absolute Gasteiger partial charge is 0.299 e. The number of benzene rings is 2. The van der Waals surface area contributed by atoms with Gasteiger partial charge in [0.1, 0.15) is 0 Å². The van der Waals surface area contributed by atoms with Gasteiger partial charge in [-0.1, -0.05) is 48.9 Å². The molecule has 1 atom stereocenters. The number of carbonyl (C=O) groups excluding carboxylic acids is 2. The SMILES string of the molecule is CC1(c2ccccc2)CC(C)(C)N2C(=O)C(=O)c3cc(Cl)cc1c32. The van der Waals surface area contributed by atoms with Gasteiger partial charge in [-0.15, -0.1) is 0 Å². The van der Waals surface area contributed by atoms with E-state index in [0.29, 0.717) is 10.6 Å². The van der Waals surface area contributed by atoms with Crippen LogP contribution in [0.15, 0.2) is 42.5 Å². The zero-order chi connectivity index (χ0) is 17.3. The molecule has 1 unspecified atom stereocenters. The minimum atomic E-state index is -0.459. The summed E-state index contributed by atoms with van der Waals surface area (Å²) in [4.78, 5) is 26.7. The van der Waals surface area contributed by atoms with Gasteiger partial charge >= 0.3 is 0 Å². The van der Waals surface area contributed by atoms with Crippen molar-refractivity contribution in [2.75, 3.05) is 4.90 Å². The van der Waals surface area contributed by atoms with Crippen molar-refractivity contribution in [1.29, 1.82) is 0 Å². The quantitative estimate of drug-likeness (QED) is 0.724. The molecule has 0 N–H and O–H groups in total. The van der Waals surface area contributed by atoms with Crippen molar-refractivity contribution in [2.24, 2.45) is 0 Å². The largest absolute Gasteiger partial charge is 0.299 e. The van der Waals surface area contributed by atoms with Crippen molar-refractivity contribution in [2.45, 2.75) is 38.1 Å². The summed E-state index contributed by atoms with van der Waals surface area (Å²) in [6, 6.07) is 13.7. The lowest BCUT2D eigenvalue weighted by molar-refractivity contribution is -0.115. The van der Waals surface area contributed by atoms with Crippen LogP contribution in [0.3, 0.4) is 0 Å². The fraction of sp³-hybridized carbons (Fsp3) is 0.300. The van der Waals surface area contributed by atoms with Gasteiger partial charge < -0.3 is 0 Å². The molecule has 1 amide bonds. The number of nitrogens with zero attached hydrogens (tertiary/aromatic N) is 1. The van der Waals surface area contributed by atoms with Gasteiger partial charge in [0.25, 0.3) is 11.7 Å². The van der Waals surface area contributed by atoms with Crippen LogP contribution in [0.25, 0.3) is 0 Å². The first-order chi connectivity index (χ1) is 11.3. The lowest BCUT2D eigenvalue weighted by Crippen LogP contribution is -2.54. The summed E-state index contributed by atoms with van der Waals surface area (Å²) < 4.78 is 0. The number of anilines is 1. The summed E-state index contributed by atoms with van der Waals surface area (Å²) in [7, 11) is 0. The predicted octanol–water partition coefficient (Wildman–Crippen LogP) is 4.36. The summed E-state index contributed by atoms with van der Waals surface area (Å²) in [6.45, 7) is 6.21. The van der Waals surface area contributed by atoms with Crippen LogP contribution >= 0.6 is 11.6 Å². The van der Waals surface area contributed by atoms with Crippen molar-refractivity contribution in [3.63, 3.8) is 0 Å². The molecule has 0 spiro atoms. The number of Topliss-reactive ketones (excluding diaryl/α,β-unsaturated/α-hetero) is 1. The average Bonchev–Trinajstić information content (AvgIpc) is 2.79. The predicted molar refractivity (Wildman–Crippen MR) is 94.9 cm³/mol. The summed E-state index contributed by atoms with van der Waals surface area (Å²) >= 11 is 6.30. The number of carbonyl (C=O) groups is 2. The van der Waals surface area contributed by atoms with Crippen LogP contribution < -0.4 is 4.90 Å². The van der Waals surface area contributed by atoms with Gasteiger partial charge in [-0.25, -0.2) is 0 Å². The van der Waals surface area contributed by atoms with E-state index in [0.717, 1.165) is 23.2 Å². The van der Waals surface area contributed by atoms with Crippen LogP contribution in [0.5, 0.6) is 0 Å². The molecule has 4 heteroatoms. The molecule has 4 rings (SSSR count). The number of hydrogen-bond acceptors (Lipinski definition) is 2. The monoisotopic (exact) mass is 339 g/mol. The molecule has 3 nitrogen and oxygen atoms in total. The number of hydrogen-bond donors (Lipinski definition) is 0. The fourth-order valence-electron chi connectivity index (χ4n) is 4.43. The number of amides is 1. The van der Waals surface area contributed by atoms with Crippen LogP contribution in [0, 0.1) is 0 Å². The Hall–Kier alpha value is -2.13. The van der Waals surface area contributed by atoms with E-state index >= 15 is 0 Å². The third-order valence-electron chi connectivity index (χ3n) is 5.34. The maximum Gasteiger partial charge on any atom is 0.299 e. The number of rotatable bonds is 1. The van der Waals surface area contributed by atoms with Crippen molar-refractivity contribution in [1.82, 2.24) is 0 Å². The molecule has 0 fully saturated rings. The van der Waals surface area contributed by atoms with Crippen LogP contribution in [0.4, 0.5) is 5.69 Å². The van der Waals surface area contributed by atoms with E-state index in [2.05, 4.69) is 19.1 Å². The van der Waals surface area contributed by atoms with E-state index in [1.54, 1.807) is 11.0 Å². The van der Waals surface area contributed by atoms with Crippen LogP contribution in [-0.4, -0.2) is 17.2 Å². The standard InChI is InChI=1S/C20H18ClNO2/c1-19(2)11-20(3,12-7-5-4-6-8-12)15-10-13(21)9-14-16(15)22(19)18(24)17(14)23/h4-10H,11H2,1-3H3. The Bertz CT molecular complexity index is 888. The Morgan fingerprint density at radius 2 is 1.71 bits per heavy atom. The second kappa shape index (κ2) is 4.70. The van der Waals surface area contributed by atoms with Gasteiger partial charge in [0.05, 0.1) is 11.3 Å². The first-order valence-corrected chi connectivity index (χ1v) is 8.42. The summed E-state index contributed by atoms with van der Waals surface area (Å²) in [5, 5.41) is 0.494. The molecular weight excluding hydrogens is 322 g/mol. The van der Waals surface area contributed by atoms with Gasteiger partial charge in [-0.2, -0.15) is 0 Å². The van der Waals surface area contributed by atoms with E-state index in [1.165, 1.54) is 0 Å². The zero-order valence-corrected chi connectivity index (χ0v) is 14.6. The molecule has 0 bridgehead atoms. The molecule has 0 saturated carbocycles. The fourth-order valence-corrected chi connectivity index (χ4v) is 4.65. The molecule has 24 heavy (non-hydrogen) atoms. The molecule has 0 aliphatic carbocycles. The van der Waals surface area contributed by atoms with Gasteiger partial charge in [0.15, 0.2) is 0 Å². The van der Waals surface area contributed by atoms with Crippen LogP contribution in [-0.2, 0) is 10.2 Å². The molecular formula is C20H18ClNO2. The molecule has 0 radical (unpaired) electrons. The highest BCUT2D eigenvalue weighted by Gasteiger charge is 2.54. The lowest BCUT2D eigenvalue weighted by Gasteiger charge is -2.49. The van der Waals surface area contributed by atoms with Crippen LogP contribution in [0.2, 0.25) is 5.02 Å². The Morgan fingerprint density at radius 3 is 2.38 bits per heavy atom. The minimum Gasteiger partial charge on any atom is -0.299 e. The Balaban J connectivity index is 2.08. The van der Waals surface area contributed by atoms with Gasteiger partial charge in [0.2, 0.25) is 0 Å². The summed E-state index contributed by atoms with van der Waals surface area (Å²) in [6.07, 6.45) is 0.718. The van der Waals surface area contributed by atoms with Crippen LogP contribution in [0.1, 0.15) is 48.7 Å². The first-order valence-electron chi connectivity index (χ1n) is 8.04. The van der Waals surface area contributed by atoms with Crippen molar-refractivity contribution in [3.8, 4) is 0 Å². The van der Waals surface area contributed by atoms with Gasteiger partial charge in [-0.3, -0.25) is 14.5 Å². The number of ketones is 1. The van der Waals surface area contributed by atoms with E-state index in [1.807, 2.05) is 38.1 Å². The maximum absolute atomic E-state index is 12.6. The summed E-state index contributed by atoms with van der Waals surface area (Å²) in [5.74, 6) is -0.909. The molecule has 0 aromatic heterocycles. The zero-order valence-electron chi connectivity index (χ0n) is 13.9. The highest BCUT2D eigenvalue weighted by Crippen LogP contribution is 2.54. The van der Waals surface area contributed by atoms with Crippen molar-refractivity contribution >= 4 is 29.0 Å². The molecule has 2 aromatic rings. The third kappa shape index (κ3) is 1.85. The third-order valence-corrected chi connectivity index (χ3v) is 5.56. The Labute approximate surface area is 146 Å². The van der Waals surface area contributed by atoms with E-state index in [4.69, 9.17) is 11.6 Å². The Morgan fingerprint density at radius 1 is 1.04 bits per heavy atom. The van der Waals surface area contributed by atoms with Crippen molar-refractivity contribution < 1.29 is 9.59 Å². The first kappa shape index (κ1) is 15.4. The van der Waals surface area contributed by atoms with Crippen molar-refractivity contribution in [3.05, 3.63) is 64.2 Å². The highest BCUT2D eigenvalue weighted by atomic mass is 35.5. The number of halogens is 1. The van der Waals surface area contributed by atoms with Gasteiger partial charge in [0, 0.05) is 16.0 Å². The lowest BCUT2D eigenvalue weighted by atomic mass is 9.65. The highest BCUT2D eigenvalue weighted by molar-refractivity contribution is 6.53. The second-order valence-corrected chi connectivity index (χ2v) is 7.94. The molecule has 2 aliphatic rings.